The third-order valence-electron chi connectivity index (χ3n) is 4.05. The Kier molecular flexibility index (Phi) is 3.66. The van der Waals surface area contributed by atoms with Crippen molar-refractivity contribution in [2.75, 3.05) is 5.32 Å². The summed E-state index contributed by atoms with van der Waals surface area (Å²) in [7, 11) is 0. The lowest BCUT2D eigenvalue weighted by Gasteiger charge is -2.32. The normalized spacial score (nSPS) is 21.2. The molecule has 112 valence electrons. The van der Waals surface area contributed by atoms with Crippen LogP contribution in [0.15, 0.2) is 30.3 Å². The summed E-state index contributed by atoms with van der Waals surface area (Å²) in [6.45, 7) is 3.92. The molecule has 2 atom stereocenters. The maximum atomic E-state index is 13.3. The molecule has 2 aromatic rings. The van der Waals surface area contributed by atoms with Crippen LogP contribution in [0.2, 0.25) is 0 Å². The molecule has 0 fully saturated rings. The summed E-state index contributed by atoms with van der Waals surface area (Å²) in [5, 5.41) is 7.51. The van der Waals surface area contributed by atoms with Crippen LogP contribution in [0.4, 0.5) is 14.6 Å². The summed E-state index contributed by atoms with van der Waals surface area (Å²) in [6.07, 6.45) is -1.09. The molecule has 0 bridgehead atoms. The van der Waals surface area contributed by atoms with Gasteiger partial charge in [-0.3, -0.25) is 0 Å². The van der Waals surface area contributed by atoms with Gasteiger partial charge in [-0.05, 0) is 30.9 Å². The van der Waals surface area contributed by atoms with Crippen molar-refractivity contribution in [2.24, 2.45) is 0 Å². The number of aromatic nitrogens is 2. The molecule has 0 saturated heterocycles. The van der Waals surface area contributed by atoms with Gasteiger partial charge in [0, 0.05) is 6.07 Å². The van der Waals surface area contributed by atoms with E-state index in [1.807, 2.05) is 25.1 Å². The van der Waals surface area contributed by atoms with E-state index in [4.69, 9.17) is 0 Å². The zero-order valence-electron chi connectivity index (χ0n) is 12.2. The van der Waals surface area contributed by atoms with Crippen molar-refractivity contribution in [2.45, 2.75) is 45.2 Å². The number of rotatable bonds is 3. The van der Waals surface area contributed by atoms with E-state index in [-0.39, 0.29) is 6.04 Å². The fourth-order valence-corrected chi connectivity index (χ4v) is 2.87. The summed E-state index contributed by atoms with van der Waals surface area (Å²) >= 11 is 0. The van der Waals surface area contributed by atoms with Crippen LogP contribution < -0.4 is 5.32 Å². The second-order valence-electron chi connectivity index (χ2n) is 5.55. The second kappa shape index (κ2) is 5.47. The van der Waals surface area contributed by atoms with Crippen molar-refractivity contribution in [3.8, 4) is 0 Å². The number of benzene rings is 1. The fraction of sp³-hybridized carbons (Fsp3) is 0.438. The largest absolute Gasteiger partial charge is 0.363 e. The van der Waals surface area contributed by atoms with E-state index in [0.717, 1.165) is 17.7 Å². The minimum Gasteiger partial charge on any atom is -0.363 e. The predicted molar refractivity (Wildman–Crippen MR) is 78.8 cm³/mol. The Hall–Kier alpha value is -1.91. The van der Waals surface area contributed by atoms with Crippen molar-refractivity contribution in [1.29, 1.82) is 0 Å². The molecule has 3 rings (SSSR count). The molecule has 5 heteroatoms. The van der Waals surface area contributed by atoms with E-state index in [2.05, 4.69) is 29.5 Å². The predicted octanol–water partition coefficient (Wildman–Crippen LogP) is 4.12. The number of nitrogens with zero attached hydrogens (tertiary/aromatic N) is 2. The summed E-state index contributed by atoms with van der Waals surface area (Å²) in [6, 6.07) is 9.03. The molecule has 2 heterocycles. The number of anilines is 1. The lowest BCUT2D eigenvalue weighted by molar-refractivity contribution is 0.0657. The number of aryl methyl sites for hydroxylation is 2. The Bertz CT molecular complexity index is 619. The van der Waals surface area contributed by atoms with Crippen molar-refractivity contribution >= 4 is 5.82 Å². The Labute approximate surface area is 123 Å². The highest BCUT2D eigenvalue weighted by atomic mass is 19.3. The van der Waals surface area contributed by atoms with Gasteiger partial charge in [-0.15, -0.1) is 0 Å². The van der Waals surface area contributed by atoms with Gasteiger partial charge in [0.25, 0.3) is 6.43 Å². The van der Waals surface area contributed by atoms with Crippen molar-refractivity contribution in [3.63, 3.8) is 0 Å². The molecule has 1 aromatic heterocycles. The number of hydrogen-bond acceptors (Lipinski definition) is 2. The number of halogens is 2. The lowest BCUT2D eigenvalue weighted by Crippen LogP contribution is -2.30. The highest BCUT2D eigenvalue weighted by Gasteiger charge is 2.34. The molecule has 1 aliphatic rings. The SMILES string of the molecule is CCc1ccc([C@@H]2C[C@@H](C(F)F)n3nc(C)cc3N2)cc1. The molecular formula is C16H19F2N3. The van der Waals surface area contributed by atoms with Crippen LogP contribution in [0.1, 0.15) is 42.2 Å². The average Bonchev–Trinajstić information content (AvgIpc) is 2.86. The maximum absolute atomic E-state index is 13.3. The highest BCUT2D eigenvalue weighted by Crippen LogP contribution is 2.38. The number of alkyl halides is 2. The molecule has 1 aromatic carbocycles. The minimum absolute atomic E-state index is 0.0986. The van der Waals surface area contributed by atoms with Crippen molar-refractivity contribution < 1.29 is 8.78 Å². The standard InChI is InChI=1S/C16H19F2N3/c1-3-11-4-6-12(7-5-11)13-9-14(16(17)18)21-15(19-13)8-10(2)20-21/h4-8,13-14,16,19H,3,9H2,1-2H3/t13-,14-/m0/s1. The van der Waals surface area contributed by atoms with Gasteiger partial charge >= 0.3 is 0 Å². The van der Waals surface area contributed by atoms with Crippen LogP contribution in [0.5, 0.6) is 0 Å². The molecule has 1 N–H and O–H groups in total. The topological polar surface area (TPSA) is 29.9 Å². The molecule has 0 saturated carbocycles. The Morgan fingerprint density at radius 3 is 2.67 bits per heavy atom. The zero-order valence-corrected chi connectivity index (χ0v) is 12.2. The van der Waals surface area contributed by atoms with Crippen LogP contribution in [-0.4, -0.2) is 16.2 Å². The number of hydrogen-bond donors (Lipinski definition) is 1. The van der Waals surface area contributed by atoms with E-state index in [9.17, 15) is 8.78 Å². The third kappa shape index (κ3) is 2.64. The van der Waals surface area contributed by atoms with Gasteiger partial charge in [-0.2, -0.15) is 5.10 Å². The molecule has 0 unspecified atom stereocenters. The first-order valence-corrected chi connectivity index (χ1v) is 7.28. The Morgan fingerprint density at radius 2 is 2.05 bits per heavy atom. The van der Waals surface area contributed by atoms with Crippen LogP contribution in [0.25, 0.3) is 0 Å². The number of nitrogens with one attached hydrogen (secondary N) is 1. The molecule has 0 aliphatic carbocycles. The zero-order chi connectivity index (χ0) is 15.0. The summed E-state index contributed by atoms with van der Waals surface area (Å²) in [4.78, 5) is 0. The Morgan fingerprint density at radius 1 is 1.33 bits per heavy atom. The van der Waals surface area contributed by atoms with Gasteiger partial charge in [0.2, 0.25) is 0 Å². The quantitative estimate of drug-likeness (QED) is 0.922. The van der Waals surface area contributed by atoms with Gasteiger partial charge in [-0.1, -0.05) is 31.2 Å². The first kappa shape index (κ1) is 14.0. The van der Waals surface area contributed by atoms with Crippen LogP contribution in [0, 0.1) is 6.92 Å². The monoisotopic (exact) mass is 291 g/mol. The molecule has 0 spiro atoms. The Balaban J connectivity index is 1.91. The van der Waals surface area contributed by atoms with Crippen LogP contribution in [-0.2, 0) is 6.42 Å². The first-order chi connectivity index (χ1) is 10.1. The lowest BCUT2D eigenvalue weighted by atomic mass is 9.96. The van der Waals surface area contributed by atoms with E-state index < -0.39 is 12.5 Å². The second-order valence-corrected chi connectivity index (χ2v) is 5.55. The molecule has 1 aliphatic heterocycles. The summed E-state index contributed by atoms with van der Waals surface area (Å²) < 4.78 is 28.1. The third-order valence-corrected chi connectivity index (χ3v) is 4.05. The average molecular weight is 291 g/mol. The van der Waals surface area contributed by atoms with Crippen molar-refractivity contribution in [3.05, 3.63) is 47.2 Å². The fourth-order valence-electron chi connectivity index (χ4n) is 2.87. The van der Waals surface area contributed by atoms with E-state index >= 15 is 0 Å². The van der Waals surface area contributed by atoms with Crippen LogP contribution >= 0.6 is 0 Å². The number of fused-ring (bicyclic) bond motifs is 1. The van der Waals surface area contributed by atoms with Crippen molar-refractivity contribution in [1.82, 2.24) is 9.78 Å². The van der Waals surface area contributed by atoms with E-state index in [1.54, 1.807) is 0 Å². The molecule has 3 nitrogen and oxygen atoms in total. The van der Waals surface area contributed by atoms with Crippen LogP contribution in [0.3, 0.4) is 0 Å². The minimum atomic E-state index is -2.41. The van der Waals surface area contributed by atoms with Gasteiger partial charge < -0.3 is 5.32 Å². The molecular weight excluding hydrogens is 272 g/mol. The molecule has 0 radical (unpaired) electrons. The molecule has 21 heavy (non-hydrogen) atoms. The van der Waals surface area contributed by atoms with E-state index in [0.29, 0.717) is 12.2 Å². The first-order valence-electron chi connectivity index (χ1n) is 7.28. The van der Waals surface area contributed by atoms with Gasteiger partial charge in [-0.25, -0.2) is 13.5 Å². The van der Waals surface area contributed by atoms with E-state index in [1.165, 1.54) is 10.2 Å². The highest BCUT2D eigenvalue weighted by molar-refractivity contribution is 5.43. The summed E-state index contributed by atoms with van der Waals surface area (Å²) in [5.41, 5.74) is 3.05. The summed E-state index contributed by atoms with van der Waals surface area (Å²) in [5.74, 6) is 0.675. The van der Waals surface area contributed by atoms with Gasteiger partial charge in [0.1, 0.15) is 11.9 Å². The van der Waals surface area contributed by atoms with Gasteiger partial charge in [0.05, 0.1) is 11.7 Å². The van der Waals surface area contributed by atoms with Gasteiger partial charge in [0.15, 0.2) is 0 Å². The smallest absolute Gasteiger partial charge is 0.260 e. The maximum Gasteiger partial charge on any atom is 0.260 e. The molecule has 0 amide bonds.